The molecule has 1 aliphatic rings. The number of rotatable bonds is 6. The molecule has 0 atom stereocenters. The van der Waals surface area contributed by atoms with Gasteiger partial charge in [-0.15, -0.1) is 0 Å². The van der Waals surface area contributed by atoms with Gasteiger partial charge in [0.1, 0.15) is 5.82 Å². The van der Waals surface area contributed by atoms with Gasteiger partial charge in [0.15, 0.2) is 0 Å². The third kappa shape index (κ3) is 5.47. The van der Waals surface area contributed by atoms with Crippen molar-refractivity contribution in [2.45, 2.75) is 26.7 Å². The van der Waals surface area contributed by atoms with Crippen LogP contribution in [0.15, 0.2) is 42.5 Å². The van der Waals surface area contributed by atoms with Gasteiger partial charge in [-0.05, 0) is 49.1 Å². The number of carbonyl (C=O) groups excluding carboxylic acids is 2. The first-order valence-corrected chi connectivity index (χ1v) is 9.94. The lowest BCUT2D eigenvalue weighted by molar-refractivity contribution is 0.0949. The van der Waals surface area contributed by atoms with E-state index in [4.69, 9.17) is 0 Å². The van der Waals surface area contributed by atoms with Gasteiger partial charge in [-0.3, -0.25) is 4.79 Å². The second-order valence-corrected chi connectivity index (χ2v) is 7.59. The zero-order valence-electron chi connectivity index (χ0n) is 16.8. The SMILES string of the molecule is CC(C)CNC(=O)c1cc(NC(=O)Nc2ccccc2F)ccc1N1CCCC1. The van der Waals surface area contributed by atoms with Crippen LogP contribution >= 0.6 is 0 Å². The fraction of sp³-hybridized carbons (Fsp3) is 0.364. The van der Waals surface area contributed by atoms with Crippen molar-refractivity contribution in [1.82, 2.24) is 5.32 Å². The molecule has 3 amide bonds. The van der Waals surface area contributed by atoms with Crippen molar-refractivity contribution in [2.24, 2.45) is 5.92 Å². The summed E-state index contributed by atoms with van der Waals surface area (Å²) in [4.78, 5) is 27.2. The van der Waals surface area contributed by atoms with E-state index in [0.29, 0.717) is 23.7 Å². The number of carbonyl (C=O) groups is 2. The molecule has 0 aromatic heterocycles. The van der Waals surface area contributed by atoms with Gasteiger partial charge in [-0.1, -0.05) is 26.0 Å². The number of para-hydroxylation sites is 1. The summed E-state index contributed by atoms with van der Waals surface area (Å²) in [7, 11) is 0. The highest BCUT2D eigenvalue weighted by atomic mass is 19.1. The summed E-state index contributed by atoms with van der Waals surface area (Å²) in [6, 6.07) is 10.7. The van der Waals surface area contributed by atoms with Gasteiger partial charge in [0, 0.05) is 31.0 Å². The topological polar surface area (TPSA) is 73.5 Å². The van der Waals surface area contributed by atoms with Gasteiger partial charge >= 0.3 is 6.03 Å². The molecule has 1 saturated heterocycles. The van der Waals surface area contributed by atoms with Crippen molar-refractivity contribution >= 4 is 29.0 Å². The predicted molar refractivity (Wildman–Crippen MR) is 114 cm³/mol. The summed E-state index contributed by atoms with van der Waals surface area (Å²) < 4.78 is 13.7. The first kappa shape index (κ1) is 20.6. The maximum Gasteiger partial charge on any atom is 0.323 e. The normalized spacial score (nSPS) is 13.4. The van der Waals surface area contributed by atoms with Gasteiger partial charge < -0.3 is 20.9 Å². The van der Waals surface area contributed by atoms with Gasteiger partial charge in [-0.25, -0.2) is 9.18 Å². The minimum absolute atomic E-state index is 0.0913. The Kier molecular flexibility index (Phi) is 6.69. The van der Waals surface area contributed by atoms with Crippen LogP contribution in [0, 0.1) is 11.7 Å². The van der Waals surface area contributed by atoms with Gasteiger partial charge in [0.25, 0.3) is 5.91 Å². The number of anilines is 3. The van der Waals surface area contributed by atoms with E-state index in [9.17, 15) is 14.0 Å². The predicted octanol–water partition coefficient (Wildman–Crippen LogP) is 4.46. The summed E-state index contributed by atoms with van der Waals surface area (Å²) in [5.41, 5.74) is 1.95. The van der Waals surface area contributed by atoms with E-state index in [0.717, 1.165) is 31.6 Å². The van der Waals surface area contributed by atoms with E-state index in [1.807, 2.05) is 19.9 Å². The van der Waals surface area contributed by atoms with E-state index in [1.165, 1.54) is 12.1 Å². The molecular formula is C22H27FN4O2. The van der Waals surface area contributed by atoms with Gasteiger partial charge in [0.05, 0.1) is 11.3 Å². The smallest absolute Gasteiger partial charge is 0.323 e. The van der Waals surface area contributed by atoms with E-state index in [1.54, 1.807) is 24.3 Å². The molecule has 0 aliphatic carbocycles. The molecule has 6 nitrogen and oxygen atoms in total. The average molecular weight is 398 g/mol. The summed E-state index contributed by atoms with van der Waals surface area (Å²) in [5, 5.41) is 8.11. The molecule has 1 heterocycles. The third-order valence-corrected chi connectivity index (χ3v) is 4.74. The molecule has 3 N–H and O–H groups in total. The Hall–Kier alpha value is -3.09. The minimum Gasteiger partial charge on any atom is -0.371 e. The molecule has 2 aromatic carbocycles. The third-order valence-electron chi connectivity index (χ3n) is 4.74. The van der Waals surface area contributed by atoms with E-state index in [2.05, 4.69) is 20.9 Å². The Balaban J connectivity index is 1.78. The summed E-state index contributed by atoms with van der Waals surface area (Å²) in [6.45, 7) is 6.46. The van der Waals surface area contributed by atoms with Crippen LogP contribution in [0.5, 0.6) is 0 Å². The Morgan fingerprint density at radius 2 is 1.79 bits per heavy atom. The van der Waals surface area contributed by atoms with Gasteiger partial charge in [-0.2, -0.15) is 0 Å². The number of benzene rings is 2. The molecule has 0 saturated carbocycles. The lowest BCUT2D eigenvalue weighted by Crippen LogP contribution is -2.30. The molecule has 1 fully saturated rings. The van der Waals surface area contributed by atoms with Crippen LogP contribution in [-0.4, -0.2) is 31.6 Å². The van der Waals surface area contributed by atoms with Crippen LogP contribution in [0.4, 0.5) is 26.2 Å². The maximum absolute atomic E-state index is 13.7. The Morgan fingerprint density at radius 3 is 2.48 bits per heavy atom. The first-order chi connectivity index (χ1) is 13.9. The van der Waals surface area contributed by atoms with Crippen molar-refractivity contribution in [3.8, 4) is 0 Å². The monoisotopic (exact) mass is 398 g/mol. The zero-order chi connectivity index (χ0) is 20.8. The Morgan fingerprint density at radius 1 is 1.07 bits per heavy atom. The van der Waals surface area contributed by atoms with E-state index < -0.39 is 11.8 Å². The molecule has 2 aromatic rings. The lowest BCUT2D eigenvalue weighted by atomic mass is 10.1. The largest absolute Gasteiger partial charge is 0.371 e. The molecule has 0 unspecified atom stereocenters. The van der Waals surface area contributed by atoms with Crippen molar-refractivity contribution in [2.75, 3.05) is 35.2 Å². The molecule has 1 aliphatic heterocycles. The van der Waals surface area contributed by atoms with Crippen LogP contribution in [0.25, 0.3) is 0 Å². The fourth-order valence-corrected chi connectivity index (χ4v) is 3.27. The molecular weight excluding hydrogens is 371 g/mol. The standard InChI is InChI=1S/C22H27FN4O2/c1-15(2)14-24-21(28)17-13-16(9-10-20(17)27-11-5-6-12-27)25-22(29)26-19-8-4-3-7-18(19)23/h3-4,7-10,13,15H,5-6,11-12,14H2,1-2H3,(H,24,28)(H2,25,26,29). The highest BCUT2D eigenvalue weighted by Crippen LogP contribution is 2.28. The molecule has 3 rings (SSSR count). The fourth-order valence-electron chi connectivity index (χ4n) is 3.27. The molecule has 0 bridgehead atoms. The highest BCUT2D eigenvalue weighted by molar-refractivity contribution is 6.04. The molecule has 7 heteroatoms. The van der Waals surface area contributed by atoms with E-state index >= 15 is 0 Å². The maximum atomic E-state index is 13.7. The van der Waals surface area contributed by atoms with Crippen LogP contribution in [0.3, 0.4) is 0 Å². The second-order valence-electron chi connectivity index (χ2n) is 7.59. The summed E-state index contributed by atoms with van der Waals surface area (Å²) >= 11 is 0. The number of hydrogen-bond acceptors (Lipinski definition) is 3. The first-order valence-electron chi connectivity index (χ1n) is 9.94. The van der Waals surface area contributed by atoms with Crippen LogP contribution < -0.4 is 20.9 Å². The minimum atomic E-state index is -0.572. The quantitative estimate of drug-likeness (QED) is 0.673. The number of halogens is 1. The van der Waals surface area contributed by atoms with Gasteiger partial charge in [0.2, 0.25) is 0 Å². The number of urea groups is 1. The number of hydrogen-bond donors (Lipinski definition) is 3. The molecule has 154 valence electrons. The van der Waals surface area contributed by atoms with Crippen LogP contribution in [0.2, 0.25) is 0 Å². The van der Waals surface area contributed by atoms with Crippen LogP contribution in [0.1, 0.15) is 37.0 Å². The molecule has 0 spiro atoms. The summed E-state index contributed by atoms with van der Waals surface area (Å²) in [5.74, 6) is -0.346. The van der Waals surface area contributed by atoms with E-state index in [-0.39, 0.29) is 11.6 Å². The number of nitrogens with one attached hydrogen (secondary N) is 3. The van der Waals surface area contributed by atoms with Crippen molar-refractivity contribution < 1.29 is 14.0 Å². The summed E-state index contributed by atoms with van der Waals surface area (Å²) in [6.07, 6.45) is 2.19. The number of amides is 3. The van der Waals surface area contributed by atoms with Crippen molar-refractivity contribution in [1.29, 1.82) is 0 Å². The zero-order valence-corrected chi connectivity index (χ0v) is 16.8. The molecule has 29 heavy (non-hydrogen) atoms. The average Bonchev–Trinajstić information content (AvgIpc) is 3.22. The molecule has 0 radical (unpaired) electrons. The Labute approximate surface area is 170 Å². The lowest BCUT2D eigenvalue weighted by Gasteiger charge is -2.22. The number of nitrogens with zero attached hydrogens (tertiary/aromatic N) is 1. The highest BCUT2D eigenvalue weighted by Gasteiger charge is 2.20. The second kappa shape index (κ2) is 9.41. The van der Waals surface area contributed by atoms with Crippen LogP contribution in [-0.2, 0) is 0 Å². The van der Waals surface area contributed by atoms with Crippen molar-refractivity contribution in [3.05, 3.63) is 53.8 Å². The Bertz CT molecular complexity index is 879. The van der Waals surface area contributed by atoms with Crippen molar-refractivity contribution in [3.63, 3.8) is 0 Å².